The maximum atomic E-state index is 13.0. The van der Waals surface area contributed by atoms with Crippen LogP contribution in [-0.2, 0) is 19.7 Å². The maximum absolute atomic E-state index is 13.0. The minimum absolute atomic E-state index is 0.0349. The second kappa shape index (κ2) is 8.48. The molecule has 0 bridgehead atoms. The highest BCUT2D eigenvalue weighted by molar-refractivity contribution is 6.31. The van der Waals surface area contributed by atoms with E-state index >= 15 is 0 Å². The number of ether oxygens (including phenoxy) is 1. The zero-order valence-corrected chi connectivity index (χ0v) is 18.8. The number of carbonyl (C=O) groups is 2. The van der Waals surface area contributed by atoms with Crippen LogP contribution >= 0.6 is 11.6 Å². The van der Waals surface area contributed by atoms with Crippen LogP contribution in [0.25, 0.3) is 0 Å². The lowest BCUT2D eigenvalue weighted by molar-refractivity contribution is -0.126. The Morgan fingerprint density at radius 2 is 1.90 bits per heavy atom. The summed E-state index contributed by atoms with van der Waals surface area (Å²) in [5, 5.41) is 3.74. The van der Waals surface area contributed by atoms with Crippen LogP contribution in [0.1, 0.15) is 45.1 Å². The third-order valence-corrected chi connectivity index (χ3v) is 7.21. The van der Waals surface area contributed by atoms with Crippen LogP contribution in [0.2, 0.25) is 5.02 Å². The van der Waals surface area contributed by atoms with E-state index in [-0.39, 0.29) is 23.8 Å². The Balaban J connectivity index is 1.42. The summed E-state index contributed by atoms with van der Waals surface area (Å²) in [4.78, 5) is 30.0. The molecule has 164 valence electrons. The van der Waals surface area contributed by atoms with E-state index in [1.165, 1.54) is 12.8 Å². The van der Waals surface area contributed by atoms with Crippen molar-refractivity contribution in [2.75, 3.05) is 50.8 Å². The van der Waals surface area contributed by atoms with Crippen LogP contribution < -0.4 is 10.2 Å². The Bertz CT molecular complexity index is 814. The summed E-state index contributed by atoms with van der Waals surface area (Å²) in [6.07, 6.45) is 4.44. The average molecular weight is 434 g/mol. The summed E-state index contributed by atoms with van der Waals surface area (Å²) in [6.45, 7) is 9.23. The number of rotatable bonds is 6. The lowest BCUT2D eigenvalue weighted by Gasteiger charge is -2.40. The molecule has 1 N–H and O–H groups in total. The van der Waals surface area contributed by atoms with Crippen molar-refractivity contribution in [2.45, 2.75) is 44.9 Å². The fourth-order valence-corrected chi connectivity index (χ4v) is 5.23. The van der Waals surface area contributed by atoms with Gasteiger partial charge in [0.1, 0.15) is 6.54 Å². The van der Waals surface area contributed by atoms with Gasteiger partial charge in [-0.05, 0) is 76.4 Å². The van der Waals surface area contributed by atoms with E-state index in [0.29, 0.717) is 11.6 Å². The number of hydrogen-bond donors (Lipinski definition) is 1. The van der Waals surface area contributed by atoms with Crippen molar-refractivity contribution < 1.29 is 14.3 Å². The van der Waals surface area contributed by atoms with Gasteiger partial charge in [0.25, 0.3) is 0 Å². The Kier molecular flexibility index (Phi) is 6.11. The van der Waals surface area contributed by atoms with Gasteiger partial charge < -0.3 is 19.9 Å². The van der Waals surface area contributed by atoms with Gasteiger partial charge in [0, 0.05) is 42.4 Å². The van der Waals surface area contributed by atoms with Crippen molar-refractivity contribution in [2.24, 2.45) is 5.41 Å². The van der Waals surface area contributed by atoms with E-state index in [1.54, 1.807) is 11.0 Å². The molecule has 2 amide bonds. The summed E-state index contributed by atoms with van der Waals surface area (Å²) >= 11 is 6.15. The zero-order chi connectivity index (χ0) is 21.4. The molecule has 30 heavy (non-hydrogen) atoms. The molecule has 0 aliphatic carbocycles. The van der Waals surface area contributed by atoms with Crippen molar-refractivity contribution >= 4 is 29.1 Å². The molecule has 3 heterocycles. The van der Waals surface area contributed by atoms with E-state index in [2.05, 4.69) is 10.2 Å². The number of hydrogen-bond acceptors (Lipinski definition) is 4. The molecule has 2 saturated heterocycles. The fourth-order valence-electron chi connectivity index (χ4n) is 5.06. The molecule has 1 aromatic rings. The number of anilines is 1. The van der Waals surface area contributed by atoms with Crippen LogP contribution in [0.4, 0.5) is 5.69 Å². The molecule has 0 saturated carbocycles. The van der Waals surface area contributed by atoms with Gasteiger partial charge in [-0.1, -0.05) is 11.6 Å². The minimum Gasteiger partial charge on any atom is -0.381 e. The fraction of sp³-hybridized carbons (Fsp3) is 0.652. The monoisotopic (exact) mass is 433 g/mol. The Hall–Kier alpha value is -1.63. The summed E-state index contributed by atoms with van der Waals surface area (Å²) in [5.74, 6) is -0.179. The smallest absolute Gasteiger partial charge is 0.240 e. The number of amides is 2. The highest BCUT2D eigenvalue weighted by Gasteiger charge is 2.44. The highest BCUT2D eigenvalue weighted by Crippen LogP contribution is 2.42. The summed E-state index contributed by atoms with van der Waals surface area (Å²) in [6, 6.07) is 5.44. The second-order valence-corrected chi connectivity index (χ2v) is 9.99. The summed E-state index contributed by atoms with van der Waals surface area (Å²) in [7, 11) is 0. The highest BCUT2D eigenvalue weighted by atomic mass is 35.5. The van der Waals surface area contributed by atoms with Gasteiger partial charge in [-0.15, -0.1) is 0 Å². The predicted molar refractivity (Wildman–Crippen MR) is 118 cm³/mol. The number of fused-ring (bicyclic) bond motifs is 1. The first-order valence-electron chi connectivity index (χ1n) is 11.0. The van der Waals surface area contributed by atoms with Crippen LogP contribution in [0.3, 0.4) is 0 Å². The number of nitrogens with one attached hydrogen (secondary N) is 1. The largest absolute Gasteiger partial charge is 0.381 e. The second-order valence-electron chi connectivity index (χ2n) is 9.55. The molecule has 3 aliphatic rings. The third kappa shape index (κ3) is 4.23. The molecule has 3 aliphatic heterocycles. The average Bonchev–Trinajstić information content (AvgIpc) is 3.29. The van der Waals surface area contributed by atoms with E-state index < -0.39 is 5.41 Å². The quantitative estimate of drug-likeness (QED) is 0.749. The first-order chi connectivity index (χ1) is 14.3. The van der Waals surface area contributed by atoms with E-state index in [0.717, 1.165) is 56.9 Å². The van der Waals surface area contributed by atoms with E-state index in [4.69, 9.17) is 16.3 Å². The first kappa shape index (κ1) is 21.6. The standard InChI is InChI=1S/C23H32ClN3O3/c1-22(2)18-13-17(24)5-6-19(18)27(21(22)29)14-20(28)25-15-23(7-11-30-12-8-23)16-26-9-3-4-10-26/h5-6,13H,3-4,7-12,14-16H2,1-2H3,(H,25,28). The maximum Gasteiger partial charge on any atom is 0.240 e. The Labute approximate surface area is 183 Å². The van der Waals surface area contributed by atoms with Gasteiger partial charge in [-0.25, -0.2) is 0 Å². The third-order valence-electron chi connectivity index (χ3n) is 6.98. The molecule has 7 heteroatoms. The molecule has 0 radical (unpaired) electrons. The minimum atomic E-state index is -0.682. The van der Waals surface area contributed by atoms with E-state index in [9.17, 15) is 9.59 Å². The van der Waals surface area contributed by atoms with Crippen LogP contribution in [0.5, 0.6) is 0 Å². The van der Waals surface area contributed by atoms with Crippen molar-refractivity contribution in [3.05, 3.63) is 28.8 Å². The Morgan fingerprint density at radius 1 is 1.20 bits per heavy atom. The molecular formula is C23H32ClN3O3. The van der Waals surface area contributed by atoms with Crippen molar-refractivity contribution in [1.82, 2.24) is 10.2 Å². The van der Waals surface area contributed by atoms with Crippen molar-refractivity contribution in [1.29, 1.82) is 0 Å². The number of likely N-dealkylation sites (tertiary alicyclic amines) is 1. The van der Waals surface area contributed by atoms with Gasteiger partial charge in [0.15, 0.2) is 0 Å². The van der Waals surface area contributed by atoms with Gasteiger partial charge in [0.05, 0.1) is 5.41 Å². The first-order valence-corrected chi connectivity index (χ1v) is 11.4. The molecule has 0 spiro atoms. The molecule has 0 atom stereocenters. The lowest BCUT2D eigenvalue weighted by atomic mass is 9.79. The predicted octanol–water partition coefficient (Wildman–Crippen LogP) is 2.97. The Morgan fingerprint density at radius 3 is 2.60 bits per heavy atom. The van der Waals surface area contributed by atoms with Crippen LogP contribution in [-0.4, -0.2) is 62.7 Å². The van der Waals surface area contributed by atoms with E-state index in [1.807, 2.05) is 26.0 Å². The molecular weight excluding hydrogens is 402 g/mol. The topological polar surface area (TPSA) is 61.9 Å². The van der Waals surface area contributed by atoms with Crippen LogP contribution in [0, 0.1) is 5.41 Å². The molecule has 1 aromatic carbocycles. The number of halogens is 1. The summed E-state index contributed by atoms with van der Waals surface area (Å²) in [5.41, 5.74) is 1.03. The zero-order valence-electron chi connectivity index (χ0n) is 18.0. The van der Waals surface area contributed by atoms with Gasteiger partial charge >= 0.3 is 0 Å². The molecule has 0 aromatic heterocycles. The number of carbonyl (C=O) groups excluding carboxylic acids is 2. The summed E-state index contributed by atoms with van der Waals surface area (Å²) < 4.78 is 5.59. The van der Waals surface area contributed by atoms with Crippen molar-refractivity contribution in [3.8, 4) is 0 Å². The number of benzene rings is 1. The molecule has 2 fully saturated rings. The molecule has 0 unspecified atom stereocenters. The van der Waals surface area contributed by atoms with Gasteiger partial charge in [0.2, 0.25) is 11.8 Å². The number of nitrogens with zero attached hydrogens (tertiary/aromatic N) is 2. The molecule has 4 rings (SSSR count). The molecule has 6 nitrogen and oxygen atoms in total. The SMILES string of the molecule is CC1(C)C(=O)N(CC(=O)NCC2(CN3CCCC3)CCOCC2)c2ccc(Cl)cc21. The normalized spacial score (nSPS) is 22.9. The van der Waals surface area contributed by atoms with Gasteiger partial charge in [-0.2, -0.15) is 0 Å². The van der Waals surface area contributed by atoms with Gasteiger partial charge in [-0.3, -0.25) is 9.59 Å². The van der Waals surface area contributed by atoms with Crippen molar-refractivity contribution in [3.63, 3.8) is 0 Å². The lowest BCUT2D eigenvalue weighted by Crippen LogP contribution is -2.50. The van der Waals surface area contributed by atoms with Crippen LogP contribution in [0.15, 0.2) is 18.2 Å².